The number of aliphatic hydroxyl groups excluding tert-OH is 2. The van der Waals surface area contributed by atoms with Crippen LogP contribution < -0.4 is 5.32 Å². The summed E-state index contributed by atoms with van der Waals surface area (Å²) >= 11 is 0. The third-order valence-corrected chi connectivity index (χ3v) is 17.3. The summed E-state index contributed by atoms with van der Waals surface area (Å²) in [4.78, 5) is 24.6. The van der Waals surface area contributed by atoms with Crippen molar-refractivity contribution in [1.29, 1.82) is 0 Å². The lowest BCUT2D eigenvalue weighted by Crippen LogP contribution is -2.45. The molecule has 0 aromatic rings. The molecule has 0 aromatic heterocycles. The first-order valence-corrected chi connectivity index (χ1v) is 36.6. The summed E-state index contributed by atoms with van der Waals surface area (Å²) in [6.07, 6.45) is 88.1. The molecule has 0 heterocycles. The summed E-state index contributed by atoms with van der Waals surface area (Å²) in [7, 11) is 0. The number of carbonyl (C=O) groups is 2. The fourth-order valence-electron chi connectivity index (χ4n) is 11.7. The van der Waals surface area contributed by atoms with Crippen molar-refractivity contribution in [1.82, 2.24) is 5.32 Å². The number of hydrogen-bond acceptors (Lipinski definition) is 5. The summed E-state index contributed by atoms with van der Waals surface area (Å²) in [6, 6.07) is -0.538. The van der Waals surface area contributed by atoms with Crippen LogP contribution >= 0.6 is 0 Å². The lowest BCUT2D eigenvalue weighted by atomic mass is 10.0. The third-order valence-electron chi connectivity index (χ3n) is 17.3. The molecule has 6 nitrogen and oxygen atoms in total. The topological polar surface area (TPSA) is 95.9 Å². The number of ether oxygens (including phenoxy) is 1. The van der Waals surface area contributed by atoms with E-state index >= 15 is 0 Å². The highest BCUT2D eigenvalue weighted by molar-refractivity contribution is 5.76. The predicted octanol–water partition coefficient (Wildman–Crippen LogP) is 23.7. The molecule has 0 aliphatic heterocycles. The smallest absolute Gasteiger partial charge is 0.305 e. The minimum Gasteiger partial charge on any atom is -0.466 e. The van der Waals surface area contributed by atoms with Gasteiger partial charge in [-0.1, -0.05) is 372 Å². The van der Waals surface area contributed by atoms with Gasteiger partial charge in [0.05, 0.1) is 25.4 Å². The van der Waals surface area contributed by atoms with Crippen LogP contribution in [0.15, 0.2) is 24.3 Å². The summed E-state index contributed by atoms with van der Waals surface area (Å²) in [6.45, 7) is 4.95. The van der Waals surface area contributed by atoms with E-state index < -0.39 is 12.1 Å². The summed E-state index contributed by atoms with van der Waals surface area (Å²) < 4.78 is 5.49. The van der Waals surface area contributed by atoms with Crippen LogP contribution in [0.2, 0.25) is 0 Å². The Bertz CT molecular complexity index is 1250. The second-order valence-electron chi connectivity index (χ2n) is 25.3. The summed E-state index contributed by atoms with van der Waals surface area (Å²) in [5, 5.41) is 23.4. The van der Waals surface area contributed by atoms with Gasteiger partial charge in [-0.2, -0.15) is 0 Å². The molecule has 0 aliphatic carbocycles. The van der Waals surface area contributed by atoms with E-state index in [0.717, 1.165) is 51.4 Å². The molecule has 0 spiro atoms. The molecule has 1 amide bonds. The molecule has 0 radical (unpaired) electrons. The SMILES string of the molecule is CCCC/C=C\C/C=C\CCCCCCCC(=O)OCCCCCCCCCCCCCCCCCCCCCCCCCCCCCCCCCC(=O)NC(CO)C(O)CCCCCCCCCCCCCCCCCCCC. The van der Waals surface area contributed by atoms with Gasteiger partial charge in [-0.25, -0.2) is 0 Å². The van der Waals surface area contributed by atoms with Gasteiger partial charge >= 0.3 is 5.97 Å². The maximum absolute atomic E-state index is 12.5. The lowest BCUT2D eigenvalue weighted by molar-refractivity contribution is -0.143. The summed E-state index contributed by atoms with van der Waals surface area (Å²) in [5.41, 5.74) is 0. The number of aliphatic hydroxyl groups is 2. The van der Waals surface area contributed by atoms with Gasteiger partial charge in [0, 0.05) is 12.8 Å². The van der Waals surface area contributed by atoms with Gasteiger partial charge in [-0.15, -0.1) is 0 Å². The molecular formula is C74H143NO5. The van der Waals surface area contributed by atoms with E-state index in [1.165, 1.54) is 327 Å². The fourth-order valence-corrected chi connectivity index (χ4v) is 11.7. The van der Waals surface area contributed by atoms with E-state index in [2.05, 4.69) is 43.5 Å². The molecule has 2 unspecified atom stereocenters. The van der Waals surface area contributed by atoms with Crippen LogP contribution in [0.4, 0.5) is 0 Å². The molecule has 0 bridgehead atoms. The molecule has 3 N–H and O–H groups in total. The zero-order chi connectivity index (χ0) is 57.8. The molecule has 0 rings (SSSR count). The highest BCUT2D eigenvalue weighted by Gasteiger charge is 2.20. The molecule has 0 fully saturated rings. The second kappa shape index (κ2) is 69.8. The van der Waals surface area contributed by atoms with E-state index in [9.17, 15) is 19.8 Å². The van der Waals surface area contributed by atoms with Crippen LogP contribution in [0.1, 0.15) is 412 Å². The van der Waals surface area contributed by atoms with Crippen LogP contribution in [0.5, 0.6) is 0 Å². The Balaban J connectivity index is 3.33. The zero-order valence-corrected chi connectivity index (χ0v) is 54.3. The maximum atomic E-state index is 12.5. The quantitative estimate of drug-likeness (QED) is 0.0320. The van der Waals surface area contributed by atoms with Gasteiger partial charge in [0.1, 0.15) is 0 Å². The molecule has 0 aliphatic rings. The van der Waals surface area contributed by atoms with Crippen molar-refractivity contribution in [3.8, 4) is 0 Å². The van der Waals surface area contributed by atoms with Crippen LogP contribution in [0.3, 0.4) is 0 Å². The first-order valence-electron chi connectivity index (χ1n) is 36.6. The monoisotopic (exact) mass is 1130 g/mol. The van der Waals surface area contributed by atoms with Crippen molar-refractivity contribution >= 4 is 11.9 Å². The van der Waals surface area contributed by atoms with Crippen molar-refractivity contribution in [2.24, 2.45) is 0 Å². The maximum Gasteiger partial charge on any atom is 0.305 e. The van der Waals surface area contributed by atoms with E-state index in [4.69, 9.17) is 4.74 Å². The number of carbonyl (C=O) groups excluding carboxylic acids is 2. The van der Waals surface area contributed by atoms with Gasteiger partial charge < -0.3 is 20.3 Å². The standard InChI is InChI=1S/C74H143NO5/c1-3-5-7-9-11-13-15-17-19-20-36-39-42-46-50-54-58-62-66-72(77)71(70-76)75-73(78)67-63-59-55-51-47-43-40-37-34-32-30-28-26-24-22-21-23-25-27-29-31-33-35-38-41-45-49-53-57-61-65-69-80-74(79)68-64-60-56-52-48-44-18-16-14-12-10-8-6-4-2/h10,12,16,18,71-72,76-77H,3-9,11,13-15,17,19-70H2,1-2H3,(H,75,78)/b12-10-,18-16-. The van der Waals surface area contributed by atoms with Gasteiger partial charge in [-0.3, -0.25) is 9.59 Å². The fraction of sp³-hybridized carbons (Fsp3) is 0.919. The Morgan fingerprint density at radius 2 is 0.637 bits per heavy atom. The molecule has 80 heavy (non-hydrogen) atoms. The Kier molecular flexibility index (Phi) is 68.4. The van der Waals surface area contributed by atoms with Gasteiger partial charge in [0.2, 0.25) is 5.91 Å². The van der Waals surface area contributed by atoms with Gasteiger partial charge in [0.15, 0.2) is 0 Å². The number of allylic oxidation sites excluding steroid dienone is 4. The average molecular weight is 1130 g/mol. The molecule has 0 saturated heterocycles. The number of hydrogen-bond donors (Lipinski definition) is 3. The highest BCUT2D eigenvalue weighted by atomic mass is 16.5. The molecule has 2 atom stereocenters. The largest absolute Gasteiger partial charge is 0.466 e. The van der Waals surface area contributed by atoms with E-state index in [1.807, 2.05) is 0 Å². The lowest BCUT2D eigenvalue weighted by Gasteiger charge is -2.22. The Labute approximate surface area is 501 Å². The van der Waals surface area contributed by atoms with Crippen molar-refractivity contribution in [3.63, 3.8) is 0 Å². The molecule has 0 aromatic carbocycles. The number of rotatable bonds is 69. The van der Waals surface area contributed by atoms with Crippen LogP contribution in [-0.4, -0.2) is 47.4 Å². The van der Waals surface area contributed by atoms with Crippen molar-refractivity contribution < 1.29 is 24.5 Å². The van der Waals surface area contributed by atoms with E-state index in [0.29, 0.717) is 25.9 Å². The average Bonchev–Trinajstić information content (AvgIpc) is 3.46. The van der Waals surface area contributed by atoms with Crippen LogP contribution in [-0.2, 0) is 14.3 Å². The Morgan fingerprint density at radius 1 is 0.350 bits per heavy atom. The Morgan fingerprint density at radius 3 is 0.988 bits per heavy atom. The molecule has 474 valence electrons. The molecule has 6 heteroatoms. The van der Waals surface area contributed by atoms with E-state index in [1.54, 1.807) is 0 Å². The van der Waals surface area contributed by atoms with Crippen molar-refractivity contribution in [2.45, 2.75) is 424 Å². The Hall–Kier alpha value is -1.66. The number of nitrogens with one attached hydrogen (secondary N) is 1. The number of esters is 1. The normalized spacial score (nSPS) is 12.6. The second-order valence-corrected chi connectivity index (χ2v) is 25.3. The van der Waals surface area contributed by atoms with Crippen LogP contribution in [0, 0.1) is 0 Å². The third kappa shape index (κ3) is 65.5. The number of amides is 1. The zero-order valence-electron chi connectivity index (χ0n) is 54.3. The van der Waals surface area contributed by atoms with E-state index in [-0.39, 0.29) is 18.5 Å². The van der Waals surface area contributed by atoms with Crippen LogP contribution in [0.25, 0.3) is 0 Å². The van der Waals surface area contributed by atoms with Gasteiger partial charge in [-0.05, 0) is 51.4 Å². The summed E-state index contributed by atoms with van der Waals surface area (Å²) in [5.74, 6) is -0.0200. The minimum absolute atomic E-state index is 0.00667. The van der Waals surface area contributed by atoms with Crippen molar-refractivity contribution in [2.75, 3.05) is 13.2 Å². The molecular weight excluding hydrogens is 983 g/mol. The van der Waals surface area contributed by atoms with Crippen molar-refractivity contribution in [3.05, 3.63) is 24.3 Å². The predicted molar refractivity (Wildman–Crippen MR) is 352 cm³/mol. The van der Waals surface area contributed by atoms with Gasteiger partial charge in [0.25, 0.3) is 0 Å². The first kappa shape index (κ1) is 78.3. The number of unbranched alkanes of at least 4 members (excludes halogenated alkanes) is 54. The first-order chi connectivity index (χ1) is 39.5. The minimum atomic E-state index is -0.661. The highest BCUT2D eigenvalue weighted by Crippen LogP contribution is 2.20. The molecule has 0 saturated carbocycles.